The second-order valence-electron chi connectivity index (χ2n) is 5.28. The van der Waals surface area contributed by atoms with Gasteiger partial charge in [0.1, 0.15) is 0 Å². The second-order valence-corrected chi connectivity index (χ2v) is 8.72. The van der Waals surface area contributed by atoms with Gasteiger partial charge in [0.05, 0.1) is 11.4 Å². The lowest BCUT2D eigenvalue weighted by Gasteiger charge is -2.06. The highest BCUT2D eigenvalue weighted by Crippen LogP contribution is 2.25. The Morgan fingerprint density at radius 1 is 1.19 bits per heavy atom. The third kappa shape index (κ3) is 4.59. The van der Waals surface area contributed by atoms with Crippen LogP contribution < -0.4 is 5.32 Å². The molecule has 3 aromatic rings. The predicted molar refractivity (Wildman–Crippen MR) is 104 cm³/mol. The minimum atomic E-state index is -0.172. The standard InChI is InChI=1S/C15H17N7OS3/c1-4-24-15-19-17-13(26-15)16-12(23)8-25-14-18-20-21-22(14)11-6-5-9(2)10(3)7-11/h5-7H,4,8H2,1-3H3,(H,16,17,23). The van der Waals surface area contributed by atoms with Gasteiger partial charge in [0.2, 0.25) is 16.2 Å². The Kier molecular flexibility index (Phi) is 6.22. The SMILES string of the molecule is CCSc1nnc(NC(=O)CSc2nnnn2-c2ccc(C)c(C)c2)s1. The lowest BCUT2D eigenvalue weighted by molar-refractivity contribution is -0.113. The fourth-order valence-electron chi connectivity index (χ4n) is 2.02. The van der Waals surface area contributed by atoms with Crippen molar-refractivity contribution in [3.05, 3.63) is 29.3 Å². The molecule has 1 aromatic carbocycles. The number of tetrazole rings is 1. The normalized spacial score (nSPS) is 10.9. The molecule has 0 unspecified atom stereocenters. The summed E-state index contributed by atoms with van der Waals surface area (Å²) in [5.74, 6) is 0.925. The third-order valence-electron chi connectivity index (χ3n) is 3.43. The van der Waals surface area contributed by atoms with Gasteiger partial charge >= 0.3 is 0 Å². The van der Waals surface area contributed by atoms with Crippen LogP contribution in [0.2, 0.25) is 0 Å². The zero-order chi connectivity index (χ0) is 18.5. The van der Waals surface area contributed by atoms with Crippen LogP contribution >= 0.6 is 34.9 Å². The molecule has 0 aliphatic rings. The molecule has 0 bridgehead atoms. The number of benzene rings is 1. The molecule has 136 valence electrons. The van der Waals surface area contributed by atoms with Crippen molar-refractivity contribution in [2.24, 2.45) is 0 Å². The fourth-order valence-corrected chi connectivity index (χ4v) is 4.37. The Morgan fingerprint density at radius 3 is 2.81 bits per heavy atom. The number of anilines is 1. The van der Waals surface area contributed by atoms with Gasteiger partial charge in [-0.25, -0.2) is 0 Å². The lowest BCUT2D eigenvalue weighted by Crippen LogP contribution is -2.14. The largest absolute Gasteiger partial charge is 0.300 e. The van der Waals surface area contributed by atoms with Crippen LogP contribution in [-0.4, -0.2) is 47.8 Å². The number of carbonyl (C=O) groups excluding carboxylic acids is 1. The van der Waals surface area contributed by atoms with Gasteiger partial charge in [-0.2, -0.15) is 4.68 Å². The van der Waals surface area contributed by atoms with Crippen LogP contribution in [0.5, 0.6) is 0 Å². The van der Waals surface area contributed by atoms with E-state index in [0.717, 1.165) is 21.3 Å². The van der Waals surface area contributed by atoms with Gasteiger partial charge in [-0.15, -0.1) is 15.3 Å². The van der Waals surface area contributed by atoms with E-state index in [-0.39, 0.29) is 11.7 Å². The molecule has 11 heteroatoms. The van der Waals surface area contributed by atoms with Gasteiger partial charge in [0, 0.05) is 0 Å². The number of nitrogens with zero attached hydrogens (tertiary/aromatic N) is 6. The number of nitrogens with one attached hydrogen (secondary N) is 1. The van der Waals surface area contributed by atoms with Gasteiger partial charge in [0.15, 0.2) is 4.34 Å². The van der Waals surface area contributed by atoms with Crippen molar-refractivity contribution in [3.8, 4) is 5.69 Å². The smallest absolute Gasteiger partial charge is 0.236 e. The van der Waals surface area contributed by atoms with Crippen LogP contribution in [0.25, 0.3) is 5.69 Å². The number of thioether (sulfide) groups is 2. The van der Waals surface area contributed by atoms with Crippen molar-refractivity contribution in [3.63, 3.8) is 0 Å². The van der Waals surface area contributed by atoms with Crippen molar-refractivity contribution in [2.45, 2.75) is 30.3 Å². The quantitative estimate of drug-likeness (QED) is 0.471. The van der Waals surface area contributed by atoms with Gasteiger partial charge < -0.3 is 0 Å². The number of carbonyl (C=O) groups is 1. The molecule has 0 spiro atoms. The molecular formula is C15H17N7OS3. The maximum Gasteiger partial charge on any atom is 0.236 e. The molecule has 2 heterocycles. The molecule has 0 atom stereocenters. The summed E-state index contributed by atoms with van der Waals surface area (Å²) >= 11 is 4.23. The van der Waals surface area contributed by atoms with Crippen molar-refractivity contribution >= 4 is 45.9 Å². The summed E-state index contributed by atoms with van der Waals surface area (Å²) in [4.78, 5) is 12.1. The first-order valence-corrected chi connectivity index (χ1v) is 10.6. The maximum atomic E-state index is 12.1. The highest BCUT2D eigenvalue weighted by Gasteiger charge is 2.13. The molecule has 0 aliphatic heterocycles. The molecule has 0 aliphatic carbocycles. The van der Waals surface area contributed by atoms with E-state index in [1.165, 1.54) is 28.7 Å². The number of aromatic nitrogens is 6. The summed E-state index contributed by atoms with van der Waals surface area (Å²) in [5.41, 5.74) is 3.23. The average Bonchev–Trinajstić information content (AvgIpc) is 3.25. The van der Waals surface area contributed by atoms with Crippen molar-refractivity contribution in [2.75, 3.05) is 16.8 Å². The zero-order valence-corrected chi connectivity index (χ0v) is 16.9. The van der Waals surface area contributed by atoms with E-state index in [1.54, 1.807) is 16.4 Å². The van der Waals surface area contributed by atoms with Crippen LogP contribution in [-0.2, 0) is 4.79 Å². The van der Waals surface area contributed by atoms with E-state index in [2.05, 4.69) is 38.0 Å². The Labute approximate surface area is 163 Å². The molecule has 0 fully saturated rings. The maximum absolute atomic E-state index is 12.1. The molecule has 3 rings (SSSR count). The Hall–Kier alpha value is -1.98. The number of hydrogen-bond acceptors (Lipinski definition) is 9. The first kappa shape index (κ1) is 18.8. The minimum Gasteiger partial charge on any atom is -0.300 e. The van der Waals surface area contributed by atoms with Gasteiger partial charge in [-0.1, -0.05) is 47.9 Å². The van der Waals surface area contributed by atoms with Crippen molar-refractivity contribution in [1.29, 1.82) is 0 Å². The number of amides is 1. The van der Waals surface area contributed by atoms with Crippen LogP contribution in [0.15, 0.2) is 27.7 Å². The number of rotatable bonds is 7. The van der Waals surface area contributed by atoms with Crippen molar-refractivity contribution in [1.82, 2.24) is 30.4 Å². The first-order valence-electron chi connectivity index (χ1n) is 7.81. The first-order chi connectivity index (χ1) is 12.6. The van der Waals surface area contributed by atoms with E-state index in [4.69, 9.17) is 0 Å². The summed E-state index contributed by atoms with van der Waals surface area (Å²) in [5, 5.41) is 23.5. The third-order valence-corrected chi connectivity index (χ3v) is 6.20. The van der Waals surface area contributed by atoms with E-state index in [9.17, 15) is 4.79 Å². The fraction of sp³-hybridized carbons (Fsp3) is 0.333. The Balaban J connectivity index is 1.62. The molecule has 8 nitrogen and oxygen atoms in total. The molecule has 1 amide bonds. The van der Waals surface area contributed by atoms with Crippen LogP contribution in [0.1, 0.15) is 18.1 Å². The highest BCUT2D eigenvalue weighted by atomic mass is 32.2. The molecule has 2 aromatic heterocycles. The van der Waals surface area contributed by atoms with Crippen molar-refractivity contribution < 1.29 is 4.79 Å². The van der Waals surface area contributed by atoms with Gasteiger partial charge in [-0.05, 0) is 53.3 Å². The van der Waals surface area contributed by atoms with E-state index in [1.807, 2.05) is 32.0 Å². The van der Waals surface area contributed by atoms with Gasteiger partial charge in [0.25, 0.3) is 0 Å². The lowest BCUT2D eigenvalue weighted by atomic mass is 10.1. The predicted octanol–water partition coefficient (Wildman–Crippen LogP) is 2.97. The van der Waals surface area contributed by atoms with Gasteiger partial charge in [-0.3, -0.25) is 10.1 Å². The van der Waals surface area contributed by atoms with E-state index < -0.39 is 0 Å². The average molecular weight is 408 g/mol. The summed E-state index contributed by atoms with van der Waals surface area (Å²) < 4.78 is 2.47. The second kappa shape index (κ2) is 8.60. The van der Waals surface area contributed by atoms with Crippen LogP contribution in [0, 0.1) is 13.8 Å². The monoisotopic (exact) mass is 407 g/mol. The highest BCUT2D eigenvalue weighted by molar-refractivity contribution is 8.01. The van der Waals surface area contributed by atoms with E-state index >= 15 is 0 Å². The van der Waals surface area contributed by atoms with E-state index in [0.29, 0.717) is 10.3 Å². The van der Waals surface area contributed by atoms with Crippen LogP contribution in [0.4, 0.5) is 5.13 Å². The Bertz CT molecular complexity index is 908. The molecule has 0 saturated carbocycles. The molecular weight excluding hydrogens is 390 g/mol. The Morgan fingerprint density at radius 2 is 2.04 bits per heavy atom. The topological polar surface area (TPSA) is 98.5 Å². The summed E-state index contributed by atoms with van der Waals surface area (Å²) in [6, 6.07) is 6.00. The summed E-state index contributed by atoms with van der Waals surface area (Å²) in [7, 11) is 0. The number of hydrogen-bond donors (Lipinski definition) is 1. The van der Waals surface area contributed by atoms with Crippen LogP contribution in [0.3, 0.4) is 0 Å². The summed E-state index contributed by atoms with van der Waals surface area (Å²) in [6.45, 7) is 6.13. The zero-order valence-electron chi connectivity index (χ0n) is 14.5. The molecule has 0 radical (unpaired) electrons. The summed E-state index contributed by atoms with van der Waals surface area (Å²) in [6.07, 6.45) is 0. The molecule has 0 saturated heterocycles. The molecule has 1 N–H and O–H groups in total. The number of aryl methyl sites for hydroxylation is 2. The minimum absolute atomic E-state index is 0.172. The molecule has 26 heavy (non-hydrogen) atoms.